The molecule has 1 unspecified atom stereocenters. The standard InChI is InChI=1S/C11H11NO3/c1-2-11(13)12(14,15)9-8-10-6-4-3-5-7-10/h2-9,14H,1H2. The summed E-state index contributed by atoms with van der Waals surface area (Å²) in [4.78, 5) is 8.82. The van der Waals surface area contributed by atoms with Gasteiger partial charge in [-0.15, -0.1) is 4.81 Å². The minimum atomic E-state index is -2.07. The third-order valence-corrected chi connectivity index (χ3v) is 1.76. The fourth-order valence-electron chi connectivity index (χ4n) is 0.956. The number of rotatable bonds is 3. The molecule has 0 heterocycles. The van der Waals surface area contributed by atoms with Gasteiger partial charge in [-0.05, 0) is 5.56 Å². The summed E-state index contributed by atoms with van der Waals surface area (Å²) in [6, 6.07) is 8.88. The van der Waals surface area contributed by atoms with Crippen LogP contribution >= 0.6 is 0 Å². The number of hydrogen-bond donors (Lipinski definition) is 1. The number of amides is 1. The van der Waals surface area contributed by atoms with Gasteiger partial charge < -0.3 is 5.21 Å². The van der Waals surface area contributed by atoms with E-state index in [0.717, 1.165) is 17.8 Å². The molecule has 0 saturated heterocycles. The number of quaternary nitrogens is 1. The van der Waals surface area contributed by atoms with Crippen molar-refractivity contribution in [1.29, 1.82) is 0 Å². The molecule has 4 heteroatoms. The van der Waals surface area contributed by atoms with Crippen molar-refractivity contribution in [3.8, 4) is 0 Å². The van der Waals surface area contributed by atoms with E-state index in [0.29, 0.717) is 0 Å². The fraction of sp³-hybridized carbons (Fsp3) is 0. The van der Waals surface area contributed by atoms with Crippen molar-refractivity contribution in [3.63, 3.8) is 0 Å². The molecule has 0 saturated carbocycles. The summed E-state index contributed by atoms with van der Waals surface area (Å²) < 4.78 is 0. The number of nitrogens with zero attached hydrogens (tertiary/aromatic N) is 1. The van der Waals surface area contributed by atoms with E-state index >= 15 is 0 Å². The second-order valence-corrected chi connectivity index (χ2v) is 2.89. The van der Waals surface area contributed by atoms with Crippen LogP contribution in [0.2, 0.25) is 0 Å². The highest BCUT2D eigenvalue weighted by Gasteiger charge is 2.18. The molecule has 0 aromatic heterocycles. The van der Waals surface area contributed by atoms with Crippen LogP contribution in [0.3, 0.4) is 0 Å². The third kappa shape index (κ3) is 3.14. The topological polar surface area (TPSA) is 60.4 Å². The van der Waals surface area contributed by atoms with Gasteiger partial charge in [0.25, 0.3) is 0 Å². The third-order valence-electron chi connectivity index (χ3n) is 1.76. The predicted molar refractivity (Wildman–Crippen MR) is 56.1 cm³/mol. The van der Waals surface area contributed by atoms with Gasteiger partial charge >= 0.3 is 5.91 Å². The number of hydroxylamine groups is 4. The minimum absolute atomic E-state index is 0.724. The smallest absolute Gasteiger partial charge is 0.375 e. The zero-order valence-corrected chi connectivity index (χ0v) is 8.04. The van der Waals surface area contributed by atoms with E-state index in [1.807, 2.05) is 6.07 Å². The van der Waals surface area contributed by atoms with E-state index in [4.69, 9.17) is 5.21 Å². The molecule has 15 heavy (non-hydrogen) atoms. The van der Waals surface area contributed by atoms with Gasteiger partial charge in [0.2, 0.25) is 0 Å². The van der Waals surface area contributed by atoms with Gasteiger partial charge in [0.1, 0.15) is 6.20 Å². The highest BCUT2D eigenvalue weighted by molar-refractivity contribution is 5.81. The fourth-order valence-corrected chi connectivity index (χ4v) is 0.956. The minimum Gasteiger partial charge on any atom is -0.586 e. The Morgan fingerprint density at radius 1 is 1.40 bits per heavy atom. The molecule has 1 aromatic rings. The first-order valence-electron chi connectivity index (χ1n) is 4.30. The van der Waals surface area contributed by atoms with Crippen molar-refractivity contribution in [3.05, 3.63) is 60.0 Å². The van der Waals surface area contributed by atoms with Gasteiger partial charge in [0.15, 0.2) is 0 Å². The zero-order chi connectivity index (χ0) is 11.3. The number of carbonyl (C=O) groups excluding carboxylic acids is 1. The van der Waals surface area contributed by atoms with Crippen molar-refractivity contribution >= 4 is 12.0 Å². The molecular formula is C11H11NO3. The van der Waals surface area contributed by atoms with E-state index in [1.54, 1.807) is 24.3 Å². The van der Waals surface area contributed by atoms with E-state index < -0.39 is 10.7 Å². The first kappa shape index (κ1) is 11.3. The van der Waals surface area contributed by atoms with Crippen LogP contribution in [0, 0.1) is 5.21 Å². The van der Waals surface area contributed by atoms with Crippen LogP contribution in [0.4, 0.5) is 0 Å². The molecule has 78 valence electrons. The summed E-state index contributed by atoms with van der Waals surface area (Å²) in [5.41, 5.74) is 0.724. The predicted octanol–water partition coefficient (Wildman–Crippen LogP) is 2.07. The average molecular weight is 205 g/mol. The lowest BCUT2D eigenvalue weighted by Crippen LogP contribution is -2.37. The first-order chi connectivity index (χ1) is 7.06. The van der Waals surface area contributed by atoms with Gasteiger partial charge in [-0.3, -0.25) is 0 Å². The SMILES string of the molecule is C=CC(=O)[N+]([O-])(O)C=Cc1ccccc1. The van der Waals surface area contributed by atoms with Crippen LogP contribution in [-0.4, -0.2) is 15.9 Å². The van der Waals surface area contributed by atoms with Gasteiger partial charge in [0, 0.05) is 12.2 Å². The lowest BCUT2D eigenvalue weighted by atomic mass is 10.2. The van der Waals surface area contributed by atoms with Gasteiger partial charge in [0.05, 0.1) is 0 Å². The van der Waals surface area contributed by atoms with E-state index in [2.05, 4.69) is 6.58 Å². The molecule has 0 spiro atoms. The Bertz CT molecular complexity index is 382. The Morgan fingerprint density at radius 2 is 2.00 bits per heavy atom. The first-order valence-corrected chi connectivity index (χ1v) is 4.30. The van der Waals surface area contributed by atoms with Gasteiger partial charge in [-0.25, -0.2) is 10.0 Å². The van der Waals surface area contributed by atoms with Crippen LogP contribution < -0.4 is 0 Å². The molecule has 0 aliphatic carbocycles. The van der Waals surface area contributed by atoms with Crippen molar-refractivity contribution < 1.29 is 14.8 Å². The summed E-state index contributed by atoms with van der Waals surface area (Å²) in [5.74, 6) is -1.03. The summed E-state index contributed by atoms with van der Waals surface area (Å²) in [6.07, 6.45) is 3.00. The Morgan fingerprint density at radius 3 is 2.53 bits per heavy atom. The van der Waals surface area contributed by atoms with E-state index in [-0.39, 0.29) is 0 Å². The van der Waals surface area contributed by atoms with Crippen LogP contribution in [0.5, 0.6) is 0 Å². The summed E-state index contributed by atoms with van der Waals surface area (Å²) in [7, 11) is 0. The summed E-state index contributed by atoms with van der Waals surface area (Å²) >= 11 is 0. The molecule has 0 radical (unpaired) electrons. The van der Waals surface area contributed by atoms with Crippen molar-refractivity contribution in [2.75, 3.05) is 0 Å². The van der Waals surface area contributed by atoms with Crippen LogP contribution in [-0.2, 0) is 4.79 Å². The summed E-state index contributed by atoms with van der Waals surface area (Å²) in [6.45, 7) is 3.12. The molecule has 1 N–H and O–H groups in total. The normalized spacial score (nSPS) is 14.8. The van der Waals surface area contributed by atoms with Crippen LogP contribution in [0.1, 0.15) is 5.56 Å². The van der Waals surface area contributed by atoms with Crippen LogP contribution in [0.15, 0.2) is 49.2 Å². The molecule has 0 bridgehead atoms. The lowest BCUT2D eigenvalue weighted by Gasteiger charge is -2.24. The maximum Gasteiger partial charge on any atom is 0.375 e. The maximum absolute atomic E-state index is 11.2. The number of benzene rings is 1. The molecule has 1 aromatic carbocycles. The lowest BCUT2D eigenvalue weighted by molar-refractivity contribution is -0.954. The van der Waals surface area contributed by atoms with Crippen molar-refractivity contribution in [2.45, 2.75) is 0 Å². The van der Waals surface area contributed by atoms with Crippen LogP contribution in [0.25, 0.3) is 6.08 Å². The monoisotopic (exact) mass is 205 g/mol. The maximum atomic E-state index is 11.2. The van der Waals surface area contributed by atoms with Crippen molar-refractivity contribution in [2.24, 2.45) is 0 Å². The molecule has 4 nitrogen and oxygen atoms in total. The molecular weight excluding hydrogens is 194 g/mol. The molecule has 1 atom stereocenters. The molecule has 1 amide bonds. The quantitative estimate of drug-likeness (QED) is 0.355. The van der Waals surface area contributed by atoms with E-state index in [1.165, 1.54) is 6.08 Å². The summed E-state index contributed by atoms with van der Waals surface area (Å²) in [5, 5.41) is 20.3. The Labute approximate surface area is 87.5 Å². The number of carbonyl (C=O) groups is 1. The number of hydrogen-bond acceptors (Lipinski definition) is 3. The van der Waals surface area contributed by atoms with E-state index in [9.17, 15) is 10.0 Å². The van der Waals surface area contributed by atoms with Gasteiger partial charge in [-0.2, -0.15) is 0 Å². The largest absolute Gasteiger partial charge is 0.586 e. The van der Waals surface area contributed by atoms with Crippen molar-refractivity contribution in [1.82, 2.24) is 0 Å². The molecule has 1 rings (SSSR count). The highest BCUT2D eigenvalue weighted by atomic mass is 16.8. The molecule has 0 aliphatic rings. The average Bonchev–Trinajstić information content (AvgIpc) is 2.27. The molecule has 0 aliphatic heterocycles. The Kier molecular flexibility index (Phi) is 3.51. The molecule has 0 fully saturated rings. The Hall–Kier alpha value is -1.75. The Balaban J connectivity index is 2.82. The zero-order valence-electron chi connectivity index (χ0n) is 8.04. The highest BCUT2D eigenvalue weighted by Crippen LogP contribution is 2.07. The second-order valence-electron chi connectivity index (χ2n) is 2.89. The van der Waals surface area contributed by atoms with Gasteiger partial charge in [-0.1, -0.05) is 36.9 Å². The second kappa shape index (κ2) is 4.65.